The molecular formula is C23H18ClN3O4. The molecule has 0 aliphatic carbocycles. The molecule has 0 aliphatic heterocycles. The van der Waals surface area contributed by atoms with Crippen LogP contribution in [0.4, 0.5) is 5.69 Å². The summed E-state index contributed by atoms with van der Waals surface area (Å²) in [7, 11) is 0. The fourth-order valence-corrected chi connectivity index (χ4v) is 2.63. The van der Waals surface area contributed by atoms with E-state index in [0.717, 1.165) is 5.56 Å². The molecule has 31 heavy (non-hydrogen) atoms. The first-order valence-electron chi connectivity index (χ1n) is 9.19. The average molecular weight is 436 g/mol. The molecule has 8 heteroatoms. The van der Waals surface area contributed by atoms with Crippen LogP contribution in [0.15, 0.2) is 77.9 Å². The predicted octanol–water partition coefficient (Wildman–Crippen LogP) is 3.96. The summed E-state index contributed by atoms with van der Waals surface area (Å²) in [6.07, 6.45) is 1.36. The van der Waals surface area contributed by atoms with Crippen molar-refractivity contribution in [2.24, 2.45) is 5.10 Å². The Morgan fingerprint density at radius 2 is 1.65 bits per heavy atom. The van der Waals surface area contributed by atoms with Gasteiger partial charge in [0.25, 0.3) is 0 Å². The van der Waals surface area contributed by atoms with Gasteiger partial charge in [0.15, 0.2) is 0 Å². The summed E-state index contributed by atoms with van der Waals surface area (Å²) < 4.78 is 5.28. The number of carbonyl (C=O) groups excluding carboxylic acids is 3. The molecule has 0 saturated carbocycles. The van der Waals surface area contributed by atoms with Gasteiger partial charge < -0.3 is 10.1 Å². The lowest BCUT2D eigenvalue weighted by atomic mass is 10.2. The van der Waals surface area contributed by atoms with Gasteiger partial charge in [-0.25, -0.2) is 10.2 Å². The minimum Gasteiger partial charge on any atom is -0.423 e. The number of benzene rings is 3. The second-order valence-electron chi connectivity index (χ2n) is 6.49. The standard InChI is InChI=1S/C23H18ClN3O4/c1-15-5-9-19(10-6-15)26-21(28)22(29)27-25-14-16-7-11-20(12-8-16)31-23(30)17-3-2-4-18(24)13-17/h2-14H,1H3,(H,26,28)(H,27,29). The van der Waals surface area contributed by atoms with Gasteiger partial charge in [0.2, 0.25) is 0 Å². The van der Waals surface area contributed by atoms with E-state index in [1.807, 2.05) is 19.1 Å². The Bertz CT molecular complexity index is 1130. The maximum absolute atomic E-state index is 12.1. The summed E-state index contributed by atoms with van der Waals surface area (Å²) in [4.78, 5) is 35.8. The first kappa shape index (κ1) is 21.7. The molecule has 3 aromatic rings. The Labute approximate surface area is 183 Å². The largest absolute Gasteiger partial charge is 0.423 e. The maximum atomic E-state index is 12.1. The van der Waals surface area contributed by atoms with Crippen LogP contribution in [0.2, 0.25) is 5.02 Å². The van der Waals surface area contributed by atoms with Gasteiger partial charge in [-0.05, 0) is 67.1 Å². The number of hydrogen-bond acceptors (Lipinski definition) is 5. The number of rotatable bonds is 5. The number of anilines is 1. The lowest BCUT2D eigenvalue weighted by molar-refractivity contribution is -0.136. The Hall–Kier alpha value is -3.97. The van der Waals surface area contributed by atoms with E-state index < -0.39 is 17.8 Å². The van der Waals surface area contributed by atoms with Crippen LogP contribution in [-0.2, 0) is 9.59 Å². The second kappa shape index (κ2) is 10.2. The quantitative estimate of drug-likeness (QED) is 0.208. The van der Waals surface area contributed by atoms with Crippen molar-refractivity contribution in [3.63, 3.8) is 0 Å². The topological polar surface area (TPSA) is 96.9 Å². The molecule has 0 aromatic heterocycles. The zero-order valence-electron chi connectivity index (χ0n) is 16.5. The van der Waals surface area contributed by atoms with Crippen molar-refractivity contribution < 1.29 is 19.1 Å². The van der Waals surface area contributed by atoms with E-state index in [0.29, 0.717) is 27.6 Å². The van der Waals surface area contributed by atoms with Crippen molar-refractivity contribution >= 4 is 41.3 Å². The van der Waals surface area contributed by atoms with Crippen LogP contribution in [0.25, 0.3) is 0 Å². The summed E-state index contributed by atoms with van der Waals surface area (Å²) in [6.45, 7) is 1.92. The van der Waals surface area contributed by atoms with Crippen LogP contribution in [0.3, 0.4) is 0 Å². The van der Waals surface area contributed by atoms with Gasteiger partial charge in [-0.1, -0.05) is 35.4 Å². The zero-order chi connectivity index (χ0) is 22.2. The highest BCUT2D eigenvalue weighted by Gasteiger charge is 2.12. The number of hydrazone groups is 1. The van der Waals surface area contributed by atoms with Crippen molar-refractivity contribution in [2.45, 2.75) is 6.92 Å². The van der Waals surface area contributed by atoms with Crippen molar-refractivity contribution in [1.29, 1.82) is 0 Å². The molecule has 0 unspecified atom stereocenters. The van der Waals surface area contributed by atoms with Crippen LogP contribution < -0.4 is 15.5 Å². The Morgan fingerprint density at radius 1 is 0.935 bits per heavy atom. The molecule has 2 amide bonds. The van der Waals surface area contributed by atoms with E-state index in [9.17, 15) is 14.4 Å². The van der Waals surface area contributed by atoms with Crippen LogP contribution in [0.1, 0.15) is 21.5 Å². The van der Waals surface area contributed by atoms with E-state index in [-0.39, 0.29) is 0 Å². The van der Waals surface area contributed by atoms with E-state index >= 15 is 0 Å². The third kappa shape index (κ3) is 6.52. The van der Waals surface area contributed by atoms with Crippen LogP contribution >= 0.6 is 11.6 Å². The highest BCUT2D eigenvalue weighted by atomic mass is 35.5. The van der Waals surface area contributed by atoms with Crippen LogP contribution in [0, 0.1) is 6.92 Å². The first-order chi connectivity index (χ1) is 14.9. The molecule has 0 spiro atoms. The second-order valence-corrected chi connectivity index (χ2v) is 6.92. The number of halogens is 1. The first-order valence-corrected chi connectivity index (χ1v) is 9.57. The average Bonchev–Trinajstić information content (AvgIpc) is 2.76. The van der Waals surface area contributed by atoms with E-state index in [4.69, 9.17) is 16.3 Å². The van der Waals surface area contributed by atoms with Gasteiger partial charge in [-0.3, -0.25) is 9.59 Å². The number of nitrogens with zero attached hydrogens (tertiary/aromatic N) is 1. The Kier molecular flexibility index (Phi) is 7.13. The normalized spacial score (nSPS) is 10.5. The highest BCUT2D eigenvalue weighted by Crippen LogP contribution is 2.16. The molecule has 0 atom stereocenters. The fraction of sp³-hybridized carbons (Fsp3) is 0.0435. The van der Waals surface area contributed by atoms with Gasteiger partial charge in [0.05, 0.1) is 11.8 Å². The van der Waals surface area contributed by atoms with Crippen LogP contribution in [-0.4, -0.2) is 24.0 Å². The smallest absolute Gasteiger partial charge is 0.343 e. The van der Waals surface area contributed by atoms with Gasteiger partial charge in [-0.2, -0.15) is 5.10 Å². The zero-order valence-corrected chi connectivity index (χ0v) is 17.2. The third-order valence-electron chi connectivity index (χ3n) is 4.05. The van der Waals surface area contributed by atoms with E-state index in [1.54, 1.807) is 54.6 Å². The molecule has 0 heterocycles. The molecule has 0 saturated heterocycles. The SMILES string of the molecule is Cc1ccc(NC(=O)C(=O)NN=Cc2ccc(OC(=O)c3cccc(Cl)c3)cc2)cc1. The fourth-order valence-electron chi connectivity index (χ4n) is 2.44. The van der Waals surface area contributed by atoms with Crippen molar-refractivity contribution in [1.82, 2.24) is 5.43 Å². The van der Waals surface area contributed by atoms with E-state index in [2.05, 4.69) is 15.8 Å². The van der Waals surface area contributed by atoms with Crippen LogP contribution in [0.5, 0.6) is 5.75 Å². The minimum atomic E-state index is -0.899. The Balaban J connectivity index is 1.50. The highest BCUT2D eigenvalue weighted by molar-refractivity contribution is 6.39. The summed E-state index contributed by atoms with van der Waals surface area (Å²) in [6, 6.07) is 19.9. The molecular weight excluding hydrogens is 418 g/mol. The van der Waals surface area contributed by atoms with Gasteiger partial charge in [0.1, 0.15) is 5.75 Å². The number of hydrogen-bond donors (Lipinski definition) is 2. The third-order valence-corrected chi connectivity index (χ3v) is 4.28. The summed E-state index contributed by atoms with van der Waals surface area (Å²) in [5, 5.41) is 6.68. The Morgan fingerprint density at radius 3 is 2.32 bits per heavy atom. The molecule has 3 aromatic carbocycles. The van der Waals surface area contributed by atoms with Gasteiger partial charge >= 0.3 is 17.8 Å². The molecule has 0 bridgehead atoms. The molecule has 156 valence electrons. The summed E-state index contributed by atoms with van der Waals surface area (Å²) >= 11 is 5.87. The molecule has 2 N–H and O–H groups in total. The molecule has 7 nitrogen and oxygen atoms in total. The monoisotopic (exact) mass is 435 g/mol. The molecule has 3 rings (SSSR count). The van der Waals surface area contributed by atoms with Gasteiger partial charge in [0, 0.05) is 10.7 Å². The summed E-state index contributed by atoms with van der Waals surface area (Å²) in [5.41, 5.74) is 4.67. The number of ether oxygens (including phenoxy) is 1. The van der Waals surface area contributed by atoms with Crippen molar-refractivity contribution in [2.75, 3.05) is 5.32 Å². The van der Waals surface area contributed by atoms with Gasteiger partial charge in [-0.15, -0.1) is 0 Å². The predicted molar refractivity (Wildman–Crippen MR) is 118 cm³/mol. The number of amides is 2. The minimum absolute atomic E-state index is 0.337. The van der Waals surface area contributed by atoms with Crippen molar-refractivity contribution in [3.05, 3.63) is 94.5 Å². The lowest BCUT2D eigenvalue weighted by Gasteiger charge is -2.05. The molecule has 0 aliphatic rings. The number of aryl methyl sites for hydroxylation is 1. The number of esters is 1. The number of nitrogens with one attached hydrogen (secondary N) is 2. The molecule has 0 fully saturated rings. The lowest BCUT2D eigenvalue weighted by Crippen LogP contribution is -2.32. The van der Waals surface area contributed by atoms with E-state index in [1.165, 1.54) is 12.3 Å². The maximum Gasteiger partial charge on any atom is 0.343 e. The number of carbonyl (C=O) groups is 3. The van der Waals surface area contributed by atoms with Crippen molar-refractivity contribution in [3.8, 4) is 5.75 Å². The molecule has 0 radical (unpaired) electrons. The summed E-state index contributed by atoms with van der Waals surface area (Å²) in [5.74, 6) is -1.92.